The molecule has 0 bridgehead atoms. The highest BCUT2D eigenvalue weighted by molar-refractivity contribution is 4.91. The largest absolute Gasteiger partial charge is 0.411 e. The van der Waals surface area contributed by atoms with Crippen molar-refractivity contribution in [2.75, 3.05) is 19.8 Å². The Hall–Kier alpha value is -0.290. The first kappa shape index (κ1) is 11.8. The van der Waals surface area contributed by atoms with Crippen LogP contribution in [-0.2, 0) is 4.74 Å². The van der Waals surface area contributed by atoms with E-state index in [1.54, 1.807) is 0 Å². The molecule has 1 rings (SSSR count). The summed E-state index contributed by atoms with van der Waals surface area (Å²) in [5, 5.41) is 0. The van der Waals surface area contributed by atoms with Crippen molar-refractivity contribution in [3.63, 3.8) is 0 Å². The summed E-state index contributed by atoms with van der Waals surface area (Å²) in [5.41, 5.74) is 5.26. The van der Waals surface area contributed by atoms with E-state index >= 15 is 0 Å². The van der Waals surface area contributed by atoms with E-state index in [1.807, 2.05) is 6.92 Å². The number of alkyl halides is 3. The Bertz CT molecular complexity index is 191. The Morgan fingerprint density at radius 1 is 1.29 bits per heavy atom. The summed E-state index contributed by atoms with van der Waals surface area (Å²) in [7, 11) is 0. The molecule has 0 aromatic heterocycles. The Labute approximate surface area is 81.6 Å². The summed E-state index contributed by atoms with van der Waals surface area (Å²) in [6.45, 7) is 1.21. The van der Waals surface area contributed by atoms with E-state index in [4.69, 9.17) is 5.73 Å². The fourth-order valence-electron chi connectivity index (χ4n) is 1.52. The summed E-state index contributed by atoms with van der Waals surface area (Å²) in [6, 6.07) is 0. The fourth-order valence-corrected chi connectivity index (χ4v) is 1.52. The molecule has 0 aromatic rings. The van der Waals surface area contributed by atoms with Gasteiger partial charge in [0.2, 0.25) is 0 Å². The maximum absolute atomic E-state index is 11.8. The molecule has 0 saturated heterocycles. The molecule has 0 spiro atoms. The molecule has 0 heterocycles. The smallest absolute Gasteiger partial charge is 0.371 e. The van der Waals surface area contributed by atoms with Crippen molar-refractivity contribution < 1.29 is 17.9 Å². The van der Waals surface area contributed by atoms with Gasteiger partial charge in [0.25, 0.3) is 0 Å². The summed E-state index contributed by atoms with van der Waals surface area (Å²) >= 11 is 0. The van der Waals surface area contributed by atoms with Crippen molar-refractivity contribution in [2.45, 2.75) is 25.9 Å². The normalized spacial score (nSPS) is 22.1. The molecular formula is C9H16F3NO. The summed E-state index contributed by atoms with van der Waals surface area (Å²) in [5.74, 6) is 0.445. The van der Waals surface area contributed by atoms with Crippen LogP contribution in [0.1, 0.15) is 19.8 Å². The predicted octanol–water partition coefficient (Wildman–Crippen LogP) is 1.94. The van der Waals surface area contributed by atoms with E-state index in [0.717, 1.165) is 12.8 Å². The quantitative estimate of drug-likeness (QED) is 0.754. The number of rotatable bonds is 5. The van der Waals surface area contributed by atoms with Gasteiger partial charge < -0.3 is 10.5 Å². The average Bonchev–Trinajstić information content (AvgIpc) is 2.83. The number of nitrogens with two attached hydrogens (primary N) is 1. The van der Waals surface area contributed by atoms with E-state index in [-0.39, 0.29) is 12.0 Å². The lowest BCUT2D eigenvalue weighted by Crippen LogP contribution is -2.35. The fraction of sp³-hybridized carbons (Fsp3) is 1.00. The van der Waals surface area contributed by atoms with Gasteiger partial charge in [0.15, 0.2) is 0 Å². The van der Waals surface area contributed by atoms with Gasteiger partial charge >= 0.3 is 6.18 Å². The van der Waals surface area contributed by atoms with Gasteiger partial charge in [-0.15, -0.1) is 0 Å². The molecule has 5 heteroatoms. The van der Waals surface area contributed by atoms with Crippen molar-refractivity contribution >= 4 is 0 Å². The molecule has 2 N–H and O–H groups in total. The Kier molecular flexibility index (Phi) is 3.42. The van der Waals surface area contributed by atoms with E-state index in [0.29, 0.717) is 12.5 Å². The lowest BCUT2D eigenvalue weighted by molar-refractivity contribution is -0.180. The highest BCUT2D eigenvalue weighted by Crippen LogP contribution is 2.45. The zero-order chi connectivity index (χ0) is 10.8. The van der Waals surface area contributed by atoms with Crippen molar-refractivity contribution in [1.82, 2.24) is 0 Å². The molecule has 0 aromatic carbocycles. The van der Waals surface area contributed by atoms with Gasteiger partial charge in [0, 0.05) is 12.0 Å². The van der Waals surface area contributed by atoms with Gasteiger partial charge in [-0.1, -0.05) is 6.92 Å². The molecular weight excluding hydrogens is 195 g/mol. The van der Waals surface area contributed by atoms with Crippen LogP contribution in [0.15, 0.2) is 0 Å². The van der Waals surface area contributed by atoms with Gasteiger partial charge in [-0.3, -0.25) is 0 Å². The van der Waals surface area contributed by atoms with E-state index in [1.165, 1.54) is 0 Å². The van der Waals surface area contributed by atoms with Gasteiger partial charge in [-0.25, -0.2) is 0 Å². The molecule has 14 heavy (non-hydrogen) atoms. The molecule has 1 aliphatic carbocycles. The van der Waals surface area contributed by atoms with Gasteiger partial charge in [0.1, 0.15) is 6.61 Å². The zero-order valence-corrected chi connectivity index (χ0v) is 8.23. The number of hydrogen-bond donors (Lipinski definition) is 1. The molecule has 84 valence electrons. The minimum Gasteiger partial charge on any atom is -0.371 e. The van der Waals surface area contributed by atoms with Crippen molar-refractivity contribution in [3.8, 4) is 0 Å². The monoisotopic (exact) mass is 211 g/mol. The SMILES string of the molecule is CC(CN)(COCC(F)(F)F)C1CC1. The Morgan fingerprint density at radius 2 is 1.86 bits per heavy atom. The van der Waals surface area contributed by atoms with Crippen LogP contribution in [0, 0.1) is 11.3 Å². The third kappa shape index (κ3) is 3.46. The molecule has 1 atom stereocenters. The molecule has 1 saturated carbocycles. The molecule has 2 nitrogen and oxygen atoms in total. The highest BCUT2D eigenvalue weighted by Gasteiger charge is 2.41. The second-order valence-electron chi connectivity index (χ2n) is 4.24. The van der Waals surface area contributed by atoms with Crippen LogP contribution in [0.4, 0.5) is 13.2 Å². The molecule has 1 aliphatic rings. The molecule has 0 amide bonds. The average molecular weight is 211 g/mol. The summed E-state index contributed by atoms with van der Waals surface area (Å²) < 4.78 is 40.0. The summed E-state index contributed by atoms with van der Waals surface area (Å²) in [4.78, 5) is 0. The lowest BCUT2D eigenvalue weighted by atomic mass is 9.86. The maximum Gasteiger partial charge on any atom is 0.411 e. The van der Waals surface area contributed by atoms with Crippen LogP contribution >= 0.6 is 0 Å². The third-order valence-electron chi connectivity index (χ3n) is 2.73. The van der Waals surface area contributed by atoms with Crippen molar-refractivity contribution in [3.05, 3.63) is 0 Å². The molecule has 0 radical (unpaired) electrons. The standard InChI is InChI=1S/C9H16F3NO/c1-8(4-13,7-2-3-7)5-14-6-9(10,11)12/h7H,2-6,13H2,1H3. The zero-order valence-electron chi connectivity index (χ0n) is 8.23. The van der Waals surface area contributed by atoms with Crippen LogP contribution in [-0.4, -0.2) is 25.9 Å². The second kappa shape index (κ2) is 4.06. The number of ether oxygens (including phenoxy) is 1. The van der Waals surface area contributed by atoms with Gasteiger partial charge in [0.05, 0.1) is 6.61 Å². The van der Waals surface area contributed by atoms with Gasteiger partial charge in [-0.2, -0.15) is 13.2 Å². The predicted molar refractivity (Wildman–Crippen MR) is 46.8 cm³/mol. The second-order valence-corrected chi connectivity index (χ2v) is 4.24. The molecule has 1 fully saturated rings. The van der Waals surface area contributed by atoms with Crippen LogP contribution in [0.25, 0.3) is 0 Å². The highest BCUT2D eigenvalue weighted by atomic mass is 19.4. The van der Waals surface area contributed by atoms with Crippen LogP contribution < -0.4 is 5.73 Å². The van der Waals surface area contributed by atoms with Crippen LogP contribution in [0.3, 0.4) is 0 Å². The Morgan fingerprint density at radius 3 is 2.21 bits per heavy atom. The first-order valence-electron chi connectivity index (χ1n) is 4.72. The minimum absolute atomic E-state index is 0.105. The first-order chi connectivity index (χ1) is 6.37. The van der Waals surface area contributed by atoms with Crippen LogP contribution in [0.2, 0.25) is 0 Å². The topological polar surface area (TPSA) is 35.2 Å². The summed E-state index contributed by atoms with van der Waals surface area (Å²) in [6.07, 6.45) is -2.12. The first-order valence-corrected chi connectivity index (χ1v) is 4.72. The Balaban J connectivity index is 2.27. The number of halogens is 3. The van der Waals surface area contributed by atoms with E-state index in [9.17, 15) is 13.2 Å². The van der Waals surface area contributed by atoms with E-state index < -0.39 is 12.8 Å². The maximum atomic E-state index is 11.8. The van der Waals surface area contributed by atoms with Gasteiger partial charge in [-0.05, 0) is 18.8 Å². The van der Waals surface area contributed by atoms with Crippen LogP contribution in [0.5, 0.6) is 0 Å². The third-order valence-corrected chi connectivity index (χ3v) is 2.73. The molecule has 1 unspecified atom stereocenters. The number of hydrogen-bond acceptors (Lipinski definition) is 2. The lowest BCUT2D eigenvalue weighted by Gasteiger charge is -2.27. The van der Waals surface area contributed by atoms with Crippen molar-refractivity contribution in [1.29, 1.82) is 0 Å². The van der Waals surface area contributed by atoms with E-state index in [2.05, 4.69) is 4.74 Å². The molecule has 0 aliphatic heterocycles. The minimum atomic E-state index is -4.24. The van der Waals surface area contributed by atoms with Crippen molar-refractivity contribution in [2.24, 2.45) is 17.1 Å².